The molecule has 1 heterocycles. The molecule has 17 heavy (non-hydrogen) atoms. The molecule has 0 N–H and O–H groups in total. The molecule has 96 valence electrons. The molecular weight excluding hydrogens is 294 g/mol. The highest BCUT2D eigenvalue weighted by Crippen LogP contribution is 2.09. The van der Waals surface area contributed by atoms with Crippen molar-refractivity contribution in [2.75, 3.05) is 6.61 Å². The summed E-state index contributed by atoms with van der Waals surface area (Å²) in [4.78, 5) is 21.4. The Labute approximate surface area is 109 Å². The van der Waals surface area contributed by atoms with Gasteiger partial charge in [-0.1, -0.05) is 0 Å². The molecule has 0 aliphatic rings. The Kier molecular flexibility index (Phi) is 5.80. The van der Waals surface area contributed by atoms with Gasteiger partial charge in [0.25, 0.3) is 5.82 Å². The Morgan fingerprint density at radius 3 is 2.65 bits per heavy atom. The lowest BCUT2D eigenvalue weighted by Crippen LogP contribution is -3.00. The van der Waals surface area contributed by atoms with Gasteiger partial charge in [0.1, 0.15) is 0 Å². The van der Waals surface area contributed by atoms with E-state index in [1.165, 1.54) is 15.3 Å². The lowest BCUT2D eigenvalue weighted by molar-refractivity contribution is -0.692. The van der Waals surface area contributed by atoms with E-state index in [1.54, 1.807) is 20.9 Å². The minimum atomic E-state index is -0.491. The Hall–Kier alpha value is -1.44. The van der Waals surface area contributed by atoms with Crippen molar-refractivity contribution in [3.8, 4) is 0 Å². The molecule has 7 nitrogen and oxygen atoms in total. The molecule has 0 bridgehead atoms. The number of imidazole rings is 1. The number of aromatic nitrogens is 2. The van der Waals surface area contributed by atoms with Crippen molar-refractivity contribution in [1.29, 1.82) is 0 Å². The monoisotopic (exact) mass is 307 g/mol. The number of ether oxygens (including phenoxy) is 1. The maximum Gasteiger partial charge on any atom is 0.365 e. The summed E-state index contributed by atoms with van der Waals surface area (Å²) in [6, 6.07) is 0. The van der Waals surface area contributed by atoms with Gasteiger partial charge < -0.3 is 31.8 Å². The molecule has 0 radical (unpaired) electrons. The SMILES string of the molecule is CCOC(=O)C[n+]1cc([N+](=O)[O-])n(C)c1C.[Br-]. The lowest BCUT2D eigenvalue weighted by Gasteiger charge is -1.99. The number of hydrogen-bond acceptors (Lipinski definition) is 4. The Bertz CT molecular complexity index is 430. The zero-order valence-electron chi connectivity index (χ0n) is 9.84. The number of halogens is 1. The van der Waals surface area contributed by atoms with Crippen molar-refractivity contribution in [3.05, 3.63) is 22.1 Å². The molecule has 8 heteroatoms. The molecule has 1 aromatic rings. The van der Waals surface area contributed by atoms with Crippen LogP contribution in [0.15, 0.2) is 6.20 Å². The fraction of sp³-hybridized carbons (Fsp3) is 0.556. The molecule has 0 saturated heterocycles. The van der Waals surface area contributed by atoms with Crippen LogP contribution in [-0.2, 0) is 23.1 Å². The van der Waals surface area contributed by atoms with E-state index in [-0.39, 0.29) is 29.3 Å². The highest BCUT2D eigenvalue weighted by molar-refractivity contribution is 5.67. The summed E-state index contributed by atoms with van der Waals surface area (Å²) in [5.74, 6) is 0.164. The minimum absolute atomic E-state index is 0. The van der Waals surface area contributed by atoms with Crippen LogP contribution >= 0.6 is 0 Å². The van der Waals surface area contributed by atoms with Gasteiger partial charge in [-0.2, -0.15) is 4.57 Å². The second-order valence-electron chi connectivity index (χ2n) is 3.28. The van der Waals surface area contributed by atoms with Gasteiger partial charge in [0.15, 0.2) is 12.7 Å². The van der Waals surface area contributed by atoms with E-state index in [4.69, 9.17) is 4.74 Å². The molecule has 1 aromatic heterocycles. The predicted molar refractivity (Wildman–Crippen MR) is 53.6 cm³/mol. The second kappa shape index (κ2) is 6.33. The number of nitro groups is 1. The van der Waals surface area contributed by atoms with Crippen LogP contribution in [0.3, 0.4) is 0 Å². The Balaban J connectivity index is 0.00000256. The summed E-state index contributed by atoms with van der Waals surface area (Å²) < 4.78 is 7.68. The fourth-order valence-electron chi connectivity index (χ4n) is 1.35. The van der Waals surface area contributed by atoms with Gasteiger partial charge in [0.05, 0.1) is 13.7 Å². The molecule has 0 spiro atoms. The van der Waals surface area contributed by atoms with E-state index in [2.05, 4.69) is 0 Å². The number of carbonyl (C=O) groups is 1. The molecule has 0 saturated carbocycles. The van der Waals surface area contributed by atoms with Crippen LogP contribution in [0, 0.1) is 17.0 Å². The Morgan fingerprint density at radius 1 is 1.65 bits per heavy atom. The maximum absolute atomic E-state index is 11.2. The zero-order valence-corrected chi connectivity index (χ0v) is 11.4. The summed E-state index contributed by atoms with van der Waals surface area (Å²) in [6.07, 6.45) is 1.33. The zero-order chi connectivity index (χ0) is 12.3. The van der Waals surface area contributed by atoms with Crippen LogP contribution in [0.4, 0.5) is 5.82 Å². The lowest BCUT2D eigenvalue weighted by atomic mass is 10.6. The summed E-state index contributed by atoms with van der Waals surface area (Å²) in [5.41, 5.74) is 0. The highest BCUT2D eigenvalue weighted by atomic mass is 79.9. The first-order valence-corrected chi connectivity index (χ1v) is 4.83. The predicted octanol–water partition coefficient (Wildman–Crippen LogP) is -2.90. The molecular formula is C9H14BrN3O4. The van der Waals surface area contributed by atoms with Gasteiger partial charge in [0, 0.05) is 6.92 Å². The Morgan fingerprint density at radius 2 is 2.24 bits per heavy atom. The summed E-state index contributed by atoms with van der Waals surface area (Å²) >= 11 is 0. The van der Waals surface area contributed by atoms with Crippen molar-refractivity contribution in [1.82, 2.24) is 4.57 Å². The second-order valence-corrected chi connectivity index (χ2v) is 3.28. The molecule has 0 atom stereocenters. The van der Waals surface area contributed by atoms with Crippen molar-refractivity contribution in [3.63, 3.8) is 0 Å². The summed E-state index contributed by atoms with van der Waals surface area (Å²) in [7, 11) is 1.58. The van der Waals surface area contributed by atoms with Gasteiger partial charge >= 0.3 is 11.8 Å². The highest BCUT2D eigenvalue weighted by Gasteiger charge is 2.22. The van der Waals surface area contributed by atoms with Gasteiger partial charge in [-0.25, -0.2) is 9.36 Å². The van der Waals surface area contributed by atoms with E-state index < -0.39 is 10.9 Å². The van der Waals surface area contributed by atoms with Crippen molar-refractivity contribution in [2.24, 2.45) is 7.05 Å². The molecule has 0 aliphatic heterocycles. The number of carbonyl (C=O) groups excluding carboxylic acids is 1. The first kappa shape index (κ1) is 15.6. The number of rotatable bonds is 4. The molecule has 1 rings (SSSR count). The van der Waals surface area contributed by atoms with E-state index >= 15 is 0 Å². The number of nitrogens with zero attached hydrogens (tertiary/aromatic N) is 3. The van der Waals surface area contributed by atoms with Crippen LogP contribution < -0.4 is 21.5 Å². The van der Waals surface area contributed by atoms with Crippen LogP contribution in [-0.4, -0.2) is 22.1 Å². The van der Waals surface area contributed by atoms with Crippen LogP contribution in [0.1, 0.15) is 12.7 Å². The fourth-order valence-corrected chi connectivity index (χ4v) is 1.35. The van der Waals surface area contributed by atoms with Gasteiger partial charge in [0.2, 0.25) is 0 Å². The minimum Gasteiger partial charge on any atom is -1.00 e. The van der Waals surface area contributed by atoms with Gasteiger partial charge in [-0.05, 0) is 11.8 Å². The standard InChI is InChI=1S/C9H14N3O4.BrH/c1-4-16-9(13)6-11-5-8(12(14)15)10(3)7(11)2;/h5H,4,6H2,1-3H3;1H/q+1;/p-1. The summed E-state index contributed by atoms with van der Waals surface area (Å²) in [5, 5.41) is 10.7. The van der Waals surface area contributed by atoms with Crippen LogP contribution in [0.2, 0.25) is 0 Å². The molecule has 0 aromatic carbocycles. The number of esters is 1. The first-order chi connectivity index (χ1) is 7.47. The quantitative estimate of drug-likeness (QED) is 0.259. The average molecular weight is 308 g/mol. The molecule has 0 fully saturated rings. The number of hydrogen-bond donors (Lipinski definition) is 0. The maximum atomic E-state index is 11.2. The van der Waals surface area contributed by atoms with Crippen LogP contribution in [0.5, 0.6) is 0 Å². The van der Waals surface area contributed by atoms with E-state index in [9.17, 15) is 14.9 Å². The normalized spacial score (nSPS) is 9.59. The third-order valence-corrected chi connectivity index (χ3v) is 2.31. The first-order valence-electron chi connectivity index (χ1n) is 4.83. The third-order valence-electron chi connectivity index (χ3n) is 2.31. The average Bonchev–Trinajstić information content (AvgIpc) is 2.46. The smallest absolute Gasteiger partial charge is 0.365 e. The largest absolute Gasteiger partial charge is 1.00 e. The topological polar surface area (TPSA) is 78.2 Å². The van der Waals surface area contributed by atoms with E-state index in [1.807, 2.05) is 0 Å². The summed E-state index contributed by atoms with van der Waals surface area (Å²) in [6.45, 7) is 3.70. The molecule has 0 amide bonds. The van der Waals surface area contributed by atoms with Gasteiger partial charge in [-0.3, -0.25) is 0 Å². The van der Waals surface area contributed by atoms with E-state index in [0.717, 1.165) is 0 Å². The van der Waals surface area contributed by atoms with Crippen molar-refractivity contribution >= 4 is 11.8 Å². The van der Waals surface area contributed by atoms with Gasteiger partial charge in [-0.15, -0.1) is 0 Å². The molecule has 0 unspecified atom stereocenters. The molecule has 0 aliphatic carbocycles. The third kappa shape index (κ3) is 3.52. The van der Waals surface area contributed by atoms with Crippen molar-refractivity contribution < 1.29 is 36.0 Å². The van der Waals surface area contributed by atoms with E-state index in [0.29, 0.717) is 12.4 Å². The van der Waals surface area contributed by atoms with Crippen LogP contribution in [0.25, 0.3) is 0 Å². The van der Waals surface area contributed by atoms with Crippen molar-refractivity contribution in [2.45, 2.75) is 20.4 Å².